The fourth-order valence-electron chi connectivity index (χ4n) is 4.28. The highest BCUT2D eigenvalue weighted by Crippen LogP contribution is 2.52. The lowest BCUT2D eigenvalue weighted by molar-refractivity contribution is -0.164. The van der Waals surface area contributed by atoms with Crippen molar-refractivity contribution in [2.24, 2.45) is 0 Å². The Hall–Kier alpha value is -3.27. The molecule has 1 aliphatic rings. The first kappa shape index (κ1) is 24.8. The number of carbonyl (C=O) groups is 1. The molecule has 35 heavy (non-hydrogen) atoms. The topological polar surface area (TPSA) is 88.3 Å². The van der Waals surface area contributed by atoms with Crippen LogP contribution in [0.2, 0.25) is 0 Å². The lowest BCUT2D eigenvalue weighted by Gasteiger charge is -2.28. The number of halogens is 4. The van der Waals surface area contributed by atoms with Crippen molar-refractivity contribution in [1.29, 1.82) is 0 Å². The van der Waals surface area contributed by atoms with Crippen LogP contribution in [0.15, 0.2) is 59.4 Å². The molecule has 10 heteroatoms. The van der Waals surface area contributed by atoms with Gasteiger partial charge in [0, 0.05) is 6.42 Å². The molecule has 2 atom stereocenters. The van der Waals surface area contributed by atoms with Crippen LogP contribution < -0.4 is 5.32 Å². The maximum absolute atomic E-state index is 14.0. The largest absolute Gasteiger partial charge is 0.480 e. The van der Waals surface area contributed by atoms with E-state index in [0.29, 0.717) is 11.4 Å². The predicted octanol–water partition coefficient (Wildman–Crippen LogP) is 5.60. The molecule has 0 radical (unpaired) electrons. The number of aromatic nitrogens is 2. The van der Waals surface area contributed by atoms with Crippen molar-refractivity contribution in [3.05, 3.63) is 71.9 Å². The van der Waals surface area contributed by atoms with Gasteiger partial charge in [0.15, 0.2) is 5.82 Å². The van der Waals surface area contributed by atoms with Crippen molar-refractivity contribution < 1.29 is 32.0 Å². The molecule has 0 spiro atoms. The zero-order chi connectivity index (χ0) is 25.4. The maximum atomic E-state index is 14.0. The van der Waals surface area contributed by atoms with Gasteiger partial charge in [0.2, 0.25) is 6.39 Å². The van der Waals surface area contributed by atoms with Gasteiger partial charge in [-0.1, -0.05) is 53.7 Å². The van der Waals surface area contributed by atoms with Crippen molar-refractivity contribution >= 4 is 5.97 Å². The molecule has 1 fully saturated rings. The Morgan fingerprint density at radius 2 is 1.63 bits per heavy atom. The van der Waals surface area contributed by atoms with Crippen LogP contribution in [-0.2, 0) is 10.2 Å². The standard InChI is InChI=1S/C25H25F4N3O3/c1-23(2,26)13-19(21(33)34)31-20(25(27,28)29)17-5-3-15(4-6-17)16-7-9-18(10-8-16)24(11-12-24)22-30-14-35-32-22/h3-10,14,19-20,31H,11-13H2,1-2H3,(H,33,34)/t19-,20-/m0/s1. The molecule has 4 rings (SSSR count). The number of rotatable bonds is 9. The Labute approximate surface area is 199 Å². The zero-order valence-electron chi connectivity index (χ0n) is 19.1. The molecule has 0 aliphatic heterocycles. The summed E-state index contributed by atoms with van der Waals surface area (Å²) in [4.78, 5) is 15.6. The third-order valence-corrected chi connectivity index (χ3v) is 6.24. The molecule has 3 aromatic rings. The lowest BCUT2D eigenvalue weighted by atomic mass is 9.92. The molecular formula is C25H25F4N3O3. The number of aliphatic carboxylic acids is 1. The van der Waals surface area contributed by atoms with Gasteiger partial charge >= 0.3 is 12.1 Å². The van der Waals surface area contributed by atoms with Crippen LogP contribution >= 0.6 is 0 Å². The summed E-state index contributed by atoms with van der Waals surface area (Å²) in [6.45, 7) is 2.25. The third-order valence-electron chi connectivity index (χ3n) is 6.24. The molecule has 2 aromatic carbocycles. The molecule has 1 aromatic heterocycles. The van der Waals surface area contributed by atoms with Gasteiger partial charge in [0.05, 0.1) is 5.41 Å². The molecule has 1 heterocycles. The Morgan fingerprint density at radius 1 is 1.06 bits per heavy atom. The summed E-state index contributed by atoms with van der Waals surface area (Å²) in [5.41, 5.74) is 0.181. The van der Waals surface area contributed by atoms with Crippen molar-refractivity contribution in [3.63, 3.8) is 0 Å². The SMILES string of the molecule is CC(C)(F)C[C@H](N[C@@H](c1ccc(-c2ccc(C3(c4ncon4)CC3)cc2)cc1)C(F)(F)F)C(=O)O. The number of carboxylic acids is 1. The van der Waals surface area contributed by atoms with Crippen LogP contribution in [0.3, 0.4) is 0 Å². The van der Waals surface area contributed by atoms with E-state index in [-0.39, 0.29) is 11.0 Å². The number of hydrogen-bond donors (Lipinski definition) is 2. The number of hydrogen-bond acceptors (Lipinski definition) is 5. The first-order valence-corrected chi connectivity index (χ1v) is 11.1. The van der Waals surface area contributed by atoms with E-state index in [1.807, 2.05) is 24.3 Å². The predicted molar refractivity (Wildman–Crippen MR) is 119 cm³/mol. The fourth-order valence-corrected chi connectivity index (χ4v) is 4.28. The van der Waals surface area contributed by atoms with Crippen molar-refractivity contribution in [2.75, 3.05) is 0 Å². The van der Waals surface area contributed by atoms with Gasteiger partial charge in [-0.05, 0) is 48.9 Å². The summed E-state index contributed by atoms with van der Waals surface area (Å²) in [7, 11) is 0. The smallest absolute Gasteiger partial charge is 0.407 e. The quantitative estimate of drug-likeness (QED) is 0.379. The highest BCUT2D eigenvalue weighted by atomic mass is 19.4. The van der Waals surface area contributed by atoms with E-state index in [2.05, 4.69) is 15.5 Å². The molecule has 0 amide bonds. The van der Waals surface area contributed by atoms with Crippen molar-refractivity contribution in [1.82, 2.24) is 15.5 Å². The second-order valence-electron chi connectivity index (χ2n) is 9.49. The van der Waals surface area contributed by atoms with Gasteiger partial charge in [0.25, 0.3) is 0 Å². The Balaban J connectivity index is 1.54. The van der Waals surface area contributed by atoms with E-state index in [4.69, 9.17) is 4.52 Å². The second-order valence-corrected chi connectivity index (χ2v) is 9.49. The monoisotopic (exact) mass is 491 g/mol. The van der Waals surface area contributed by atoms with Crippen molar-refractivity contribution in [3.8, 4) is 11.1 Å². The molecule has 1 saturated carbocycles. The van der Waals surface area contributed by atoms with Gasteiger partial charge < -0.3 is 9.63 Å². The highest BCUT2D eigenvalue weighted by molar-refractivity contribution is 5.73. The summed E-state index contributed by atoms with van der Waals surface area (Å²) in [5, 5.41) is 15.4. The molecule has 0 unspecified atom stereocenters. The van der Waals surface area contributed by atoms with Gasteiger partial charge in [-0.2, -0.15) is 18.2 Å². The third kappa shape index (κ3) is 5.53. The molecule has 1 aliphatic carbocycles. The summed E-state index contributed by atoms with van der Waals surface area (Å²) in [6, 6.07) is 9.39. The van der Waals surface area contributed by atoms with Crippen molar-refractivity contribution in [2.45, 2.75) is 62.5 Å². The van der Waals surface area contributed by atoms with Gasteiger partial charge in [-0.15, -0.1) is 0 Å². The van der Waals surface area contributed by atoms with E-state index in [1.165, 1.54) is 18.5 Å². The second kappa shape index (κ2) is 9.07. The Kier molecular flexibility index (Phi) is 6.44. The van der Waals surface area contributed by atoms with Gasteiger partial charge in [-0.3, -0.25) is 10.1 Å². The minimum Gasteiger partial charge on any atom is -0.480 e. The summed E-state index contributed by atoms with van der Waals surface area (Å²) in [6.07, 6.45) is -2.27. The van der Waals surface area contributed by atoms with Crippen LogP contribution in [0.1, 0.15) is 56.1 Å². The molecule has 0 bridgehead atoms. The molecule has 2 N–H and O–H groups in total. The minimum atomic E-state index is -4.77. The van der Waals surface area contributed by atoms with Crippen LogP contribution in [0.4, 0.5) is 17.6 Å². The number of nitrogens with one attached hydrogen (secondary N) is 1. The normalized spacial score (nSPS) is 17.1. The van der Waals surface area contributed by atoms with Gasteiger partial charge in [-0.25, -0.2) is 4.39 Å². The summed E-state index contributed by atoms with van der Waals surface area (Å²) < 4.78 is 60.2. The molecule has 0 saturated heterocycles. The van der Waals surface area contributed by atoms with Crippen LogP contribution in [-0.4, -0.2) is 39.1 Å². The first-order chi connectivity index (χ1) is 16.4. The fraction of sp³-hybridized carbons (Fsp3) is 0.400. The zero-order valence-corrected chi connectivity index (χ0v) is 19.1. The van der Waals surface area contributed by atoms with E-state index in [9.17, 15) is 27.5 Å². The summed E-state index contributed by atoms with van der Waals surface area (Å²) in [5.74, 6) is -0.910. The van der Waals surface area contributed by atoms with Crippen LogP contribution in [0.5, 0.6) is 0 Å². The number of carboxylic acid groups (broad SMARTS) is 1. The van der Waals surface area contributed by atoms with E-state index >= 15 is 0 Å². The first-order valence-electron chi connectivity index (χ1n) is 11.1. The van der Waals surface area contributed by atoms with E-state index < -0.39 is 36.3 Å². The molecule has 6 nitrogen and oxygen atoms in total. The lowest BCUT2D eigenvalue weighted by Crippen LogP contribution is -2.47. The van der Waals surface area contributed by atoms with E-state index in [0.717, 1.165) is 37.8 Å². The van der Waals surface area contributed by atoms with Crippen LogP contribution in [0.25, 0.3) is 11.1 Å². The highest BCUT2D eigenvalue weighted by Gasteiger charge is 2.49. The maximum Gasteiger partial charge on any atom is 0.407 e. The number of nitrogens with zero attached hydrogens (tertiary/aromatic N) is 2. The van der Waals surface area contributed by atoms with Crippen LogP contribution in [0, 0.1) is 0 Å². The van der Waals surface area contributed by atoms with E-state index in [1.54, 1.807) is 12.1 Å². The Bertz CT molecular complexity index is 1150. The molecular weight excluding hydrogens is 466 g/mol. The summed E-state index contributed by atoms with van der Waals surface area (Å²) >= 11 is 0. The average molecular weight is 491 g/mol. The minimum absolute atomic E-state index is 0.158. The van der Waals surface area contributed by atoms with Gasteiger partial charge in [0.1, 0.15) is 17.8 Å². The number of benzene rings is 2. The number of alkyl halides is 4. The Morgan fingerprint density at radius 3 is 2.06 bits per heavy atom. The average Bonchev–Trinajstić information content (AvgIpc) is 3.40. The molecule has 186 valence electrons.